The van der Waals surface area contributed by atoms with E-state index in [2.05, 4.69) is 15.3 Å². The highest BCUT2D eigenvalue weighted by atomic mass is 16.1. The SMILES string of the molecule is Cc1nc2c(-c3ccccc3)c(-c3ccccc3)[nH]n2c(=O)c1-c1ccc2nnccc2c1. The number of nitrogens with zero attached hydrogens (tertiary/aromatic N) is 4. The minimum Gasteiger partial charge on any atom is -0.288 e. The van der Waals surface area contributed by atoms with Crippen molar-refractivity contribution < 1.29 is 0 Å². The third-order valence-electron chi connectivity index (χ3n) is 5.89. The highest BCUT2D eigenvalue weighted by Gasteiger charge is 2.21. The standard InChI is InChI=1S/C27H19N5O/c1-17-23(21-12-13-22-20(16-21)14-15-28-30-22)27(33)32-26(29-17)24(18-8-4-2-5-9-18)25(31-32)19-10-6-3-7-11-19/h2-16,31H,1H3. The zero-order valence-electron chi connectivity index (χ0n) is 17.9. The number of aryl methyl sites for hydroxylation is 1. The first-order valence-electron chi connectivity index (χ1n) is 10.7. The maximum absolute atomic E-state index is 13.8. The molecule has 3 aromatic heterocycles. The molecule has 1 N–H and O–H groups in total. The molecular formula is C27H19N5O. The molecule has 6 nitrogen and oxygen atoms in total. The molecule has 3 aromatic carbocycles. The predicted molar refractivity (Wildman–Crippen MR) is 130 cm³/mol. The minimum absolute atomic E-state index is 0.141. The fourth-order valence-electron chi connectivity index (χ4n) is 4.35. The monoisotopic (exact) mass is 429 g/mol. The topological polar surface area (TPSA) is 75.9 Å². The van der Waals surface area contributed by atoms with Crippen molar-refractivity contribution in [2.45, 2.75) is 6.92 Å². The van der Waals surface area contributed by atoms with E-state index < -0.39 is 0 Å². The summed E-state index contributed by atoms with van der Waals surface area (Å²) in [4.78, 5) is 18.7. The van der Waals surface area contributed by atoms with Crippen LogP contribution in [0.5, 0.6) is 0 Å². The van der Waals surface area contributed by atoms with Gasteiger partial charge in [-0.25, -0.2) is 4.98 Å². The summed E-state index contributed by atoms with van der Waals surface area (Å²) in [6.45, 7) is 1.88. The van der Waals surface area contributed by atoms with Crippen molar-refractivity contribution in [2.75, 3.05) is 0 Å². The summed E-state index contributed by atoms with van der Waals surface area (Å²) in [5, 5.41) is 12.3. The van der Waals surface area contributed by atoms with Crippen LogP contribution in [-0.4, -0.2) is 24.8 Å². The van der Waals surface area contributed by atoms with Crippen LogP contribution in [0.15, 0.2) is 95.9 Å². The van der Waals surface area contributed by atoms with Crippen molar-refractivity contribution in [2.24, 2.45) is 0 Å². The van der Waals surface area contributed by atoms with Crippen LogP contribution in [0.1, 0.15) is 5.69 Å². The number of aromatic nitrogens is 5. The Balaban J connectivity index is 1.66. The van der Waals surface area contributed by atoms with Crippen LogP contribution in [0.4, 0.5) is 0 Å². The summed E-state index contributed by atoms with van der Waals surface area (Å²) in [7, 11) is 0. The lowest BCUT2D eigenvalue weighted by Crippen LogP contribution is -2.19. The lowest BCUT2D eigenvalue weighted by molar-refractivity contribution is 0.897. The molecule has 0 saturated carbocycles. The number of nitrogens with one attached hydrogen (secondary N) is 1. The van der Waals surface area contributed by atoms with Crippen molar-refractivity contribution in [3.05, 3.63) is 107 Å². The highest BCUT2D eigenvalue weighted by molar-refractivity contribution is 5.91. The highest BCUT2D eigenvalue weighted by Crippen LogP contribution is 2.34. The average molecular weight is 429 g/mol. The van der Waals surface area contributed by atoms with Crippen LogP contribution in [-0.2, 0) is 0 Å². The van der Waals surface area contributed by atoms with E-state index in [9.17, 15) is 4.79 Å². The zero-order valence-corrected chi connectivity index (χ0v) is 17.9. The average Bonchev–Trinajstić information content (AvgIpc) is 3.24. The van der Waals surface area contributed by atoms with E-state index in [1.807, 2.05) is 91.9 Å². The van der Waals surface area contributed by atoms with Crippen molar-refractivity contribution in [3.8, 4) is 33.5 Å². The van der Waals surface area contributed by atoms with Gasteiger partial charge in [0, 0.05) is 10.9 Å². The van der Waals surface area contributed by atoms with E-state index in [0.29, 0.717) is 16.9 Å². The Bertz CT molecular complexity index is 1690. The molecule has 158 valence electrons. The molecule has 0 aliphatic rings. The summed E-state index contributed by atoms with van der Waals surface area (Å²) in [6, 6.07) is 27.7. The number of rotatable bonds is 3. The van der Waals surface area contributed by atoms with Crippen molar-refractivity contribution >= 4 is 16.6 Å². The molecular weight excluding hydrogens is 410 g/mol. The largest absolute Gasteiger partial charge is 0.288 e. The normalized spacial score (nSPS) is 11.3. The van der Waals surface area contributed by atoms with Gasteiger partial charge in [-0.3, -0.25) is 9.89 Å². The first-order valence-corrected chi connectivity index (χ1v) is 10.7. The Kier molecular flexibility index (Phi) is 4.36. The van der Waals surface area contributed by atoms with E-state index in [0.717, 1.165) is 38.9 Å². The fraction of sp³-hybridized carbons (Fsp3) is 0.0370. The van der Waals surface area contributed by atoms with Crippen molar-refractivity contribution in [1.29, 1.82) is 0 Å². The van der Waals surface area contributed by atoms with Gasteiger partial charge in [0.05, 0.1) is 34.2 Å². The molecule has 33 heavy (non-hydrogen) atoms. The predicted octanol–water partition coefficient (Wildman–Crippen LogP) is 5.28. The van der Waals surface area contributed by atoms with E-state index in [-0.39, 0.29) is 5.56 Å². The molecule has 0 bridgehead atoms. The molecule has 6 aromatic rings. The molecule has 0 unspecified atom stereocenters. The molecule has 6 rings (SSSR count). The number of fused-ring (bicyclic) bond motifs is 2. The van der Waals surface area contributed by atoms with Gasteiger partial charge in [-0.2, -0.15) is 14.7 Å². The van der Waals surface area contributed by atoms with E-state index >= 15 is 0 Å². The molecule has 0 atom stereocenters. The van der Waals surface area contributed by atoms with Crippen molar-refractivity contribution in [3.63, 3.8) is 0 Å². The Morgan fingerprint density at radius 3 is 2.27 bits per heavy atom. The zero-order chi connectivity index (χ0) is 22.4. The Labute approximate surface area is 189 Å². The van der Waals surface area contributed by atoms with Gasteiger partial charge in [-0.05, 0) is 36.2 Å². The molecule has 0 aliphatic carbocycles. The molecule has 0 aliphatic heterocycles. The van der Waals surface area contributed by atoms with Gasteiger partial charge >= 0.3 is 0 Å². The van der Waals surface area contributed by atoms with Gasteiger partial charge in [0.1, 0.15) is 0 Å². The summed E-state index contributed by atoms with van der Waals surface area (Å²) in [6.07, 6.45) is 1.65. The maximum Gasteiger partial charge on any atom is 0.280 e. The van der Waals surface area contributed by atoms with E-state index in [1.165, 1.54) is 0 Å². The maximum atomic E-state index is 13.8. The number of benzene rings is 3. The summed E-state index contributed by atoms with van der Waals surface area (Å²) >= 11 is 0. The van der Waals surface area contributed by atoms with Gasteiger partial charge in [0.2, 0.25) is 0 Å². The van der Waals surface area contributed by atoms with Gasteiger partial charge in [-0.1, -0.05) is 66.7 Å². The van der Waals surface area contributed by atoms with Crippen LogP contribution >= 0.6 is 0 Å². The number of H-pyrrole nitrogens is 1. The Hall–Kier alpha value is -4.58. The van der Waals surface area contributed by atoms with E-state index in [1.54, 1.807) is 10.7 Å². The van der Waals surface area contributed by atoms with Crippen LogP contribution < -0.4 is 5.56 Å². The molecule has 3 heterocycles. The summed E-state index contributed by atoms with van der Waals surface area (Å²) in [5.41, 5.74) is 7.05. The van der Waals surface area contributed by atoms with Gasteiger partial charge < -0.3 is 0 Å². The molecule has 0 saturated heterocycles. The third kappa shape index (κ3) is 3.11. The molecule has 0 radical (unpaired) electrons. The number of hydrogen-bond donors (Lipinski definition) is 1. The molecule has 6 heteroatoms. The minimum atomic E-state index is -0.141. The first kappa shape index (κ1) is 19.1. The molecule has 0 fully saturated rings. The van der Waals surface area contributed by atoms with E-state index in [4.69, 9.17) is 4.98 Å². The quantitative estimate of drug-likeness (QED) is 0.416. The first-order chi connectivity index (χ1) is 16.2. The molecule has 0 spiro atoms. The number of hydrogen-bond acceptors (Lipinski definition) is 4. The van der Waals surface area contributed by atoms with Crippen LogP contribution in [0.2, 0.25) is 0 Å². The second-order valence-electron chi connectivity index (χ2n) is 7.94. The lowest BCUT2D eigenvalue weighted by atomic mass is 10.0. The lowest BCUT2D eigenvalue weighted by Gasteiger charge is -2.08. The van der Waals surface area contributed by atoms with Crippen LogP contribution in [0.25, 0.3) is 50.1 Å². The second kappa shape index (κ2) is 7.53. The summed E-state index contributed by atoms with van der Waals surface area (Å²) in [5.74, 6) is 0. The van der Waals surface area contributed by atoms with Gasteiger partial charge in [-0.15, -0.1) is 0 Å². The van der Waals surface area contributed by atoms with Crippen molar-refractivity contribution in [1.82, 2.24) is 24.8 Å². The Morgan fingerprint density at radius 1 is 0.788 bits per heavy atom. The Morgan fingerprint density at radius 2 is 1.52 bits per heavy atom. The molecule has 0 amide bonds. The van der Waals surface area contributed by atoms with Gasteiger partial charge in [0.25, 0.3) is 5.56 Å². The second-order valence-corrected chi connectivity index (χ2v) is 7.94. The fourth-order valence-corrected chi connectivity index (χ4v) is 4.35. The van der Waals surface area contributed by atoms with Crippen LogP contribution in [0.3, 0.4) is 0 Å². The smallest absolute Gasteiger partial charge is 0.280 e. The third-order valence-corrected chi connectivity index (χ3v) is 5.89. The van der Waals surface area contributed by atoms with Crippen LogP contribution in [0, 0.1) is 6.92 Å². The van der Waals surface area contributed by atoms with Gasteiger partial charge in [0.15, 0.2) is 5.65 Å². The summed E-state index contributed by atoms with van der Waals surface area (Å²) < 4.78 is 1.56. The number of aromatic amines is 1.